The number of rotatable bonds is 2. The molecule has 0 aromatic heterocycles. The van der Waals surface area contributed by atoms with Crippen molar-refractivity contribution >= 4 is 27.7 Å². The number of hydrogen-bond donors (Lipinski definition) is 2. The van der Waals surface area contributed by atoms with Crippen LogP contribution in [0.25, 0.3) is 0 Å². The van der Waals surface area contributed by atoms with Crippen LogP contribution in [-0.4, -0.2) is 24.4 Å². The van der Waals surface area contributed by atoms with Crippen LogP contribution in [0, 0.1) is 6.92 Å². The van der Waals surface area contributed by atoms with Crippen LogP contribution < -0.4 is 10.6 Å². The van der Waals surface area contributed by atoms with E-state index >= 15 is 0 Å². The van der Waals surface area contributed by atoms with Crippen molar-refractivity contribution in [2.45, 2.75) is 19.4 Å². The van der Waals surface area contributed by atoms with Gasteiger partial charge in [0.2, 0.25) is 5.91 Å². The molecule has 5 heteroatoms. The molecule has 1 atom stereocenters. The Morgan fingerprint density at radius 1 is 1.53 bits per heavy atom. The van der Waals surface area contributed by atoms with Crippen molar-refractivity contribution in [2.24, 2.45) is 0 Å². The number of aryl methyl sites for hydroxylation is 1. The van der Waals surface area contributed by atoms with E-state index in [4.69, 9.17) is 0 Å². The highest BCUT2D eigenvalue weighted by Gasteiger charge is 2.23. The van der Waals surface area contributed by atoms with Crippen molar-refractivity contribution in [3.8, 4) is 0 Å². The van der Waals surface area contributed by atoms with Gasteiger partial charge in [-0.3, -0.25) is 9.59 Å². The number of carbonyl (C=O) groups is 2. The molecule has 1 aromatic rings. The molecular formula is C12H13BrN2O2. The highest BCUT2D eigenvalue weighted by Crippen LogP contribution is 2.16. The molecule has 0 saturated carbocycles. The van der Waals surface area contributed by atoms with Crippen molar-refractivity contribution in [3.05, 3.63) is 33.8 Å². The van der Waals surface area contributed by atoms with Gasteiger partial charge < -0.3 is 10.6 Å². The van der Waals surface area contributed by atoms with Gasteiger partial charge in [-0.1, -0.05) is 22.0 Å². The predicted octanol–water partition coefficient (Wildman–Crippen LogP) is 1.38. The van der Waals surface area contributed by atoms with E-state index in [1.807, 2.05) is 19.1 Å². The van der Waals surface area contributed by atoms with Crippen molar-refractivity contribution in [1.82, 2.24) is 10.6 Å². The molecule has 0 radical (unpaired) electrons. The van der Waals surface area contributed by atoms with Crippen molar-refractivity contribution < 1.29 is 9.59 Å². The third kappa shape index (κ3) is 2.85. The molecule has 0 aliphatic carbocycles. The quantitative estimate of drug-likeness (QED) is 0.866. The molecule has 1 saturated heterocycles. The highest BCUT2D eigenvalue weighted by atomic mass is 79.9. The van der Waals surface area contributed by atoms with Gasteiger partial charge in [0.15, 0.2) is 0 Å². The maximum atomic E-state index is 12.0. The van der Waals surface area contributed by atoms with E-state index in [2.05, 4.69) is 26.6 Å². The molecule has 4 nitrogen and oxygen atoms in total. The topological polar surface area (TPSA) is 58.2 Å². The largest absolute Gasteiger partial charge is 0.354 e. The Hall–Kier alpha value is -1.36. The fourth-order valence-corrected chi connectivity index (χ4v) is 2.17. The number of hydrogen-bond acceptors (Lipinski definition) is 2. The fraction of sp³-hybridized carbons (Fsp3) is 0.333. The molecule has 2 rings (SSSR count). The molecule has 2 amide bonds. The third-order valence-corrected chi connectivity index (χ3v) is 3.25. The van der Waals surface area contributed by atoms with Gasteiger partial charge in [-0.25, -0.2) is 0 Å². The fourth-order valence-electron chi connectivity index (χ4n) is 1.81. The first-order chi connectivity index (χ1) is 8.06. The summed E-state index contributed by atoms with van der Waals surface area (Å²) in [5.74, 6) is -0.147. The SMILES string of the molecule is Cc1ccc(Br)cc1C(=O)NC1CNC(=O)C1. The van der Waals surface area contributed by atoms with E-state index in [-0.39, 0.29) is 17.9 Å². The summed E-state index contributed by atoms with van der Waals surface area (Å²) in [5.41, 5.74) is 1.56. The van der Waals surface area contributed by atoms with Crippen LogP contribution in [0.4, 0.5) is 0 Å². The van der Waals surface area contributed by atoms with E-state index in [0.29, 0.717) is 18.5 Å². The number of amides is 2. The Kier molecular flexibility index (Phi) is 3.47. The zero-order valence-electron chi connectivity index (χ0n) is 9.42. The first kappa shape index (κ1) is 12.1. The molecule has 1 aliphatic rings. The Balaban J connectivity index is 2.09. The average molecular weight is 297 g/mol. The van der Waals surface area contributed by atoms with Crippen LogP contribution in [-0.2, 0) is 4.79 Å². The molecule has 1 unspecified atom stereocenters. The van der Waals surface area contributed by atoms with Gasteiger partial charge in [-0.15, -0.1) is 0 Å². The lowest BCUT2D eigenvalue weighted by molar-refractivity contribution is -0.119. The van der Waals surface area contributed by atoms with Crippen LogP contribution in [0.5, 0.6) is 0 Å². The number of halogens is 1. The molecule has 2 N–H and O–H groups in total. The molecule has 1 aliphatic heterocycles. The van der Waals surface area contributed by atoms with Gasteiger partial charge in [-0.05, 0) is 24.6 Å². The first-order valence-corrected chi connectivity index (χ1v) is 6.19. The summed E-state index contributed by atoms with van der Waals surface area (Å²) in [4.78, 5) is 23.0. The van der Waals surface area contributed by atoms with Crippen LogP contribution in [0.1, 0.15) is 22.3 Å². The van der Waals surface area contributed by atoms with Crippen LogP contribution in [0.3, 0.4) is 0 Å². The molecule has 17 heavy (non-hydrogen) atoms. The van der Waals surface area contributed by atoms with E-state index in [1.54, 1.807) is 6.07 Å². The maximum absolute atomic E-state index is 12.0. The maximum Gasteiger partial charge on any atom is 0.251 e. The predicted molar refractivity (Wildman–Crippen MR) is 67.8 cm³/mol. The smallest absolute Gasteiger partial charge is 0.251 e. The van der Waals surface area contributed by atoms with Gasteiger partial charge in [-0.2, -0.15) is 0 Å². The second-order valence-electron chi connectivity index (χ2n) is 4.14. The minimum absolute atomic E-state index is 0.0127. The summed E-state index contributed by atoms with van der Waals surface area (Å²) >= 11 is 3.34. The number of nitrogens with one attached hydrogen (secondary N) is 2. The zero-order chi connectivity index (χ0) is 12.4. The summed E-state index contributed by atoms with van der Waals surface area (Å²) < 4.78 is 0.869. The first-order valence-electron chi connectivity index (χ1n) is 5.40. The summed E-state index contributed by atoms with van der Waals surface area (Å²) in [6.45, 7) is 2.40. The Morgan fingerprint density at radius 2 is 2.29 bits per heavy atom. The van der Waals surface area contributed by atoms with Gasteiger partial charge >= 0.3 is 0 Å². The molecule has 1 aromatic carbocycles. The van der Waals surface area contributed by atoms with E-state index in [9.17, 15) is 9.59 Å². The third-order valence-electron chi connectivity index (χ3n) is 2.76. The van der Waals surface area contributed by atoms with Gasteiger partial charge in [0.25, 0.3) is 5.91 Å². The average Bonchev–Trinajstić information content (AvgIpc) is 2.67. The number of carbonyl (C=O) groups excluding carboxylic acids is 2. The Morgan fingerprint density at radius 3 is 2.94 bits per heavy atom. The summed E-state index contributed by atoms with van der Waals surface area (Å²) in [6, 6.07) is 5.46. The summed E-state index contributed by atoms with van der Waals surface area (Å²) in [7, 11) is 0. The summed E-state index contributed by atoms with van der Waals surface area (Å²) in [5, 5.41) is 5.54. The second kappa shape index (κ2) is 4.87. The van der Waals surface area contributed by atoms with Crippen LogP contribution in [0.15, 0.2) is 22.7 Å². The lowest BCUT2D eigenvalue weighted by Crippen LogP contribution is -2.36. The Labute approximate surface area is 108 Å². The molecule has 0 spiro atoms. The van der Waals surface area contributed by atoms with E-state index < -0.39 is 0 Å². The lowest BCUT2D eigenvalue weighted by Gasteiger charge is -2.12. The molecule has 1 fully saturated rings. The van der Waals surface area contributed by atoms with Crippen molar-refractivity contribution in [2.75, 3.05) is 6.54 Å². The summed E-state index contributed by atoms with van der Waals surface area (Å²) in [6.07, 6.45) is 0.360. The van der Waals surface area contributed by atoms with E-state index in [0.717, 1.165) is 10.0 Å². The van der Waals surface area contributed by atoms with Gasteiger partial charge in [0.05, 0.1) is 6.04 Å². The van der Waals surface area contributed by atoms with Crippen molar-refractivity contribution in [1.29, 1.82) is 0 Å². The minimum atomic E-state index is -0.134. The van der Waals surface area contributed by atoms with Crippen molar-refractivity contribution in [3.63, 3.8) is 0 Å². The van der Waals surface area contributed by atoms with Gasteiger partial charge in [0, 0.05) is 23.0 Å². The Bertz CT molecular complexity index is 474. The molecular weight excluding hydrogens is 284 g/mol. The normalized spacial score (nSPS) is 18.9. The number of benzene rings is 1. The van der Waals surface area contributed by atoms with Crippen LogP contribution >= 0.6 is 15.9 Å². The molecule has 0 bridgehead atoms. The second-order valence-corrected chi connectivity index (χ2v) is 5.05. The lowest BCUT2D eigenvalue weighted by atomic mass is 10.1. The standard InChI is InChI=1S/C12H13BrN2O2/c1-7-2-3-8(13)4-10(7)12(17)15-9-5-11(16)14-6-9/h2-4,9H,5-6H2,1H3,(H,14,16)(H,15,17). The monoisotopic (exact) mass is 296 g/mol. The van der Waals surface area contributed by atoms with Gasteiger partial charge in [0.1, 0.15) is 0 Å². The zero-order valence-corrected chi connectivity index (χ0v) is 11.0. The minimum Gasteiger partial charge on any atom is -0.354 e. The van der Waals surface area contributed by atoms with Crippen LogP contribution in [0.2, 0.25) is 0 Å². The molecule has 1 heterocycles. The molecule has 90 valence electrons. The highest BCUT2D eigenvalue weighted by molar-refractivity contribution is 9.10. The van der Waals surface area contributed by atoms with E-state index in [1.165, 1.54) is 0 Å².